The number of ether oxygens (including phenoxy) is 3. The highest BCUT2D eigenvalue weighted by Gasteiger charge is 2.15. The number of hydrogen-bond donors (Lipinski definition) is 1. The fourth-order valence-electron chi connectivity index (χ4n) is 2.26. The second-order valence-electron chi connectivity index (χ2n) is 4.65. The van der Waals surface area contributed by atoms with Crippen molar-refractivity contribution in [1.29, 1.82) is 5.26 Å². The third-order valence-corrected chi connectivity index (χ3v) is 3.59. The predicted molar refractivity (Wildman–Crippen MR) is 89.6 cm³/mol. The Bertz CT molecular complexity index is 741. The number of benzene rings is 2. The van der Waals surface area contributed by atoms with E-state index in [4.69, 9.17) is 25.8 Å². The first-order chi connectivity index (χ1) is 11.1. The molecule has 2 aromatic carbocycles. The van der Waals surface area contributed by atoms with Crippen LogP contribution < -0.4 is 19.5 Å². The molecule has 0 heterocycles. The van der Waals surface area contributed by atoms with Gasteiger partial charge in [0, 0.05) is 17.1 Å². The van der Waals surface area contributed by atoms with E-state index in [9.17, 15) is 5.26 Å². The standard InChI is InChI=1S/C17H17ClN2O3/c1-21-15-7-4-11(16(22-2)17(15)23-3)10-20-14-6-5-13(18)8-12(14)9-19/h4-8,20H,10H2,1-3H3. The average molecular weight is 333 g/mol. The van der Waals surface area contributed by atoms with Gasteiger partial charge in [0.05, 0.1) is 32.6 Å². The van der Waals surface area contributed by atoms with Crippen molar-refractivity contribution in [2.75, 3.05) is 26.6 Å². The predicted octanol–water partition coefficient (Wildman–Crippen LogP) is 3.85. The van der Waals surface area contributed by atoms with Gasteiger partial charge in [0.15, 0.2) is 11.5 Å². The van der Waals surface area contributed by atoms with E-state index in [1.54, 1.807) is 39.5 Å². The molecule has 0 atom stereocenters. The molecule has 2 rings (SSSR count). The maximum atomic E-state index is 9.18. The van der Waals surface area contributed by atoms with Gasteiger partial charge in [-0.25, -0.2) is 0 Å². The van der Waals surface area contributed by atoms with Gasteiger partial charge in [-0.15, -0.1) is 0 Å². The van der Waals surface area contributed by atoms with Crippen LogP contribution in [0.4, 0.5) is 5.69 Å². The SMILES string of the molecule is COc1ccc(CNc2ccc(Cl)cc2C#N)c(OC)c1OC. The molecule has 0 bridgehead atoms. The lowest BCUT2D eigenvalue weighted by Gasteiger charge is -2.16. The van der Waals surface area contributed by atoms with Crippen LogP contribution in [0.5, 0.6) is 17.2 Å². The minimum Gasteiger partial charge on any atom is -0.493 e. The Hall–Kier alpha value is -2.58. The summed E-state index contributed by atoms with van der Waals surface area (Å²) >= 11 is 5.90. The van der Waals surface area contributed by atoms with Crippen LogP contribution in [-0.2, 0) is 6.54 Å². The second-order valence-corrected chi connectivity index (χ2v) is 5.09. The molecule has 0 aliphatic heterocycles. The van der Waals surface area contributed by atoms with Gasteiger partial charge >= 0.3 is 0 Å². The molecule has 6 heteroatoms. The largest absolute Gasteiger partial charge is 0.493 e. The number of methoxy groups -OCH3 is 3. The first-order valence-corrected chi connectivity index (χ1v) is 7.23. The van der Waals surface area contributed by atoms with Crippen molar-refractivity contribution in [3.8, 4) is 23.3 Å². The Morgan fingerprint density at radius 3 is 2.39 bits per heavy atom. The molecule has 0 saturated carbocycles. The van der Waals surface area contributed by atoms with Crippen LogP contribution in [0, 0.1) is 11.3 Å². The zero-order valence-electron chi connectivity index (χ0n) is 13.1. The first-order valence-electron chi connectivity index (χ1n) is 6.86. The van der Waals surface area contributed by atoms with Crippen molar-refractivity contribution in [2.45, 2.75) is 6.54 Å². The highest BCUT2D eigenvalue weighted by molar-refractivity contribution is 6.30. The normalized spacial score (nSPS) is 9.87. The van der Waals surface area contributed by atoms with Crippen LogP contribution in [0.1, 0.15) is 11.1 Å². The van der Waals surface area contributed by atoms with Gasteiger partial charge in [-0.3, -0.25) is 0 Å². The molecule has 2 aromatic rings. The molecule has 1 N–H and O–H groups in total. The molecule has 0 radical (unpaired) electrons. The highest BCUT2D eigenvalue weighted by atomic mass is 35.5. The molecule has 0 aliphatic carbocycles. The molecule has 0 aromatic heterocycles. The van der Waals surface area contributed by atoms with Crippen LogP contribution in [0.25, 0.3) is 0 Å². The maximum Gasteiger partial charge on any atom is 0.203 e. The molecule has 5 nitrogen and oxygen atoms in total. The van der Waals surface area contributed by atoms with Gasteiger partial charge in [-0.2, -0.15) is 5.26 Å². The summed E-state index contributed by atoms with van der Waals surface area (Å²) in [6.45, 7) is 0.458. The van der Waals surface area contributed by atoms with Crippen molar-refractivity contribution in [3.05, 3.63) is 46.5 Å². The van der Waals surface area contributed by atoms with E-state index in [1.807, 2.05) is 12.1 Å². The lowest BCUT2D eigenvalue weighted by Crippen LogP contribution is -2.05. The third-order valence-electron chi connectivity index (χ3n) is 3.36. The summed E-state index contributed by atoms with van der Waals surface area (Å²) in [6, 6.07) is 10.9. The van der Waals surface area contributed by atoms with E-state index in [-0.39, 0.29) is 0 Å². The lowest BCUT2D eigenvalue weighted by atomic mass is 10.1. The van der Waals surface area contributed by atoms with Crippen molar-refractivity contribution in [3.63, 3.8) is 0 Å². The van der Waals surface area contributed by atoms with Crippen molar-refractivity contribution in [1.82, 2.24) is 0 Å². The van der Waals surface area contributed by atoms with E-state index in [2.05, 4.69) is 11.4 Å². The van der Waals surface area contributed by atoms with Crippen LogP contribution >= 0.6 is 11.6 Å². The molecule has 0 fully saturated rings. The Kier molecular flexibility index (Phi) is 5.56. The topological polar surface area (TPSA) is 63.5 Å². The van der Waals surface area contributed by atoms with E-state index >= 15 is 0 Å². The number of rotatable bonds is 6. The number of halogens is 1. The van der Waals surface area contributed by atoms with Crippen molar-refractivity contribution >= 4 is 17.3 Å². The highest BCUT2D eigenvalue weighted by Crippen LogP contribution is 2.40. The van der Waals surface area contributed by atoms with Gasteiger partial charge in [-0.05, 0) is 30.3 Å². The van der Waals surface area contributed by atoms with Gasteiger partial charge in [0.25, 0.3) is 0 Å². The quantitative estimate of drug-likeness (QED) is 0.870. The van der Waals surface area contributed by atoms with Crippen LogP contribution in [0.15, 0.2) is 30.3 Å². The molecular formula is C17H17ClN2O3. The number of anilines is 1. The number of nitrogens with zero attached hydrogens (tertiary/aromatic N) is 1. The Morgan fingerprint density at radius 1 is 1.04 bits per heavy atom. The molecule has 0 spiro atoms. The summed E-state index contributed by atoms with van der Waals surface area (Å²) in [4.78, 5) is 0. The van der Waals surface area contributed by atoms with Gasteiger partial charge in [0.2, 0.25) is 5.75 Å². The summed E-state index contributed by atoms with van der Waals surface area (Å²) in [5.41, 5.74) is 2.06. The minimum absolute atomic E-state index is 0.458. The van der Waals surface area contributed by atoms with Gasteiger partial charge in [0.1, 0.15) is 6.07 Å². The molecule has 120 valence electrons. The lowest BCUT2D eigenvalue weighted by molar-refractivity contribution is 0.322. The monoisotopic (exact) mass is 332 g/mol. The Morgan fingerprint density at radius 2 is 1.78 bits per heavy atom. The van der Waals surface area contributed by atoms with E-state index in [0.717, 1.165) is 5.56 Å². The fourth-order valence-corrected chi connectivity index (χ4v) is 2.43. The van der Waals surface area contributed by atoms with Gasteiger partial charge < -0.3 is 19.5 Å². The Labute approximate surface area is 140 Å². The van der Waals surface area contributed by atoms with Crippen molar-refractivity contribution < 1.29 is 14.2 Å². The number of nitriles is 1. The average Bonchev–Trinajstić information content (AvgIpc) is 2.59. The second kappa shape index (κ2) is 7.61. The molecule has 0 amide bonds. The molecule has 0 unspecified atom stereocenters. The zero-order valence-corrected chi connectivity index (χ0v) is 13.9. The van der Waals surface area contributed by atoms with Crippen LogP contribution in [0.3, 0.4) is 0 Å². The molecule has 0 saturated heterocycles. The van der Waals surface area contributed by atoms with Crippen molar-refractivity contribution in [2.24, 2.45) is 0 Å². The summed E-state index contributed by atoms with van der Waals surface area (Å²) in [6.07, 6.45) is 0. The van der Waals surface area contributed by atoms with E-state index in [0.29, 0.717) is 40.1 Å². The maximum absolute atomic E-state index is 9.18. The third kappa shape index (κ3) is 3.61. The summed E-state index contributed by atoms with van der Waals surface area (Å²) in [7, 11) is 4.70. The first kappa shape index (κ1) is 16.8. The number of hydrogen-bond acceptors (Lipinski definition) is 5. The van der Waals surface area contributed by atoms with Crippen LogP contribution in [0.2, 0.25) is 5.02 Å². The smallest absolute Gasteiger partial charge is 0.203 e. The van der Waals surface area contributed by atoms with E-state index < -0.39 is 0 Å². The summed E-state index contributed by atoms with van der Waals surface area (Å²) in [5, 5.41) is 12.9. The molecule has 23 heavy (non-hydrogen) atoms. The summed E-state index contributed by atoms with van der Waals surface area (Å²) in [5.74, 6) is 1.72. The number of nitrogens with one attached hydrogen (secondary N) is 1. The molecule has 0 aliphatic rings. The Balaban J connectivity index is 2.29. The molecular weight excluding hydrogens is 316 g/mol. The zero-order chi connectivity index (χ0) is 16.8. The van der Waals surface area contributed by atoms with E-state index in [1.165, 1.54) is 0 Å². The fraction of sp³-hybridized carbons (Fsp3) is 0.235. The van der Waals surface area contributed by atoms with Gasteiger partial charge in [-0.1, -0.05) is 11.6 Å². The summed E-state index contributed by atoms with van der Waals surface area (Å²) < 4.78 is 16.1. The minimum atomic E-state index is 0.458. The van der Waals surface area contributed by atoms with Crippen LogP contribution in [-0.4, -0.2) is 21.3 Å².